The molecule has 0 amide bonds. The van der Waals surface area contributed by atoms with Gasteiger partial charge in [0.25, 0.3) is 0 Å². The first-order valence-corrected chi connectivity index (χ1v) is 6.18. The summed E-state index contributed by atoms with van der Waals surface area (Å²) in [6, 6.07) is 13.7. The summed E-state index contributed by atoms with van der Waals surface area (Å²) in [5, 5.41) is 18.7. The first-order chi connectivity index (χ1) is 9.56. The molecule has 2 aromatic carbocycles. The molecular weight excluding hydrogens is 276 g/mol. The number of carbonyl (C=O) groups is 1. The summed E-state index contributed by atoms with van der Waals surface area (Å²) in [4.78, 5) is 12.9. The number of carboxylic acids is 1. The molecule has 5 heteroatoms. The average molecular weight is 287 g/mol. The Hall–Kier alpha value is -2.51. The Balaban J connectivity index is 2.63. The molecule has 1 N–H and O–H groups in total. The van der Waals surface area contributed by atoms with Gasteiger partial charge in [0.05, 0.1) is 27.5 Å². The van der Waals surface area contributed by atoms with Crippen molar-refractivity contribution in [2.24, 2.45) is 0 Å². The Morgan fingerprint density at radius 3 is 2.60 bits per heavy atom. The number of para-hydroxylation sites is 2. The lowest BCUT2D eigenvalue weighted by molar-refractivity contribution is 0.0697. The summed E-state index contributed by atoms with van der Waals surface area (Å²) < 4.78 is 0. The highest BCUT2D eigenvalue weighted by molar-refractivity contribution is 6.34. The summed E-state index contributed by atoms with van der Waals surface area (Å²) in [7, 11) is 1.68. The standard InChI is InChI=1S/C15H11ClN2O2/c1-18(13-8-3-2-5-10(13)9-17)14-11(15(19)20)6-4-7-12(14)16/h2-8H,1H3,(H,19,20). The fourth-order valence-electron chi connectivity index (χ4n) is 2.01. The molecule has 0 aliphatic rings. The van der Waals surface area contributed by atoms with E-state index >= 15 is 0 Å². The molecule has 0 aliphatic carbocycles. The zero-order chi connectivity index (χ0) is 14.7. The van der Waals surface area contributed by atoms with Gasteiger partial charge >= 0.3 is 5.97 Å². The van der Waals surface area contributed by atoms with Gasteiger partial charge in [-0.1, -0.05) is 29.8 Å². The first-order valence-electron chi connectivity index (χ1n) is 5.81. The van der Waals surface area contributed by atoms with Crippen LogP contribution < -0.4 is 4.90 Å². The van der Waals surface area contributed by atoms with E-state index in [1.807, 2.05) is 0 Å². The third-order valence-electron chi connectivity index (χ3n) is 2.94. The molecule has 0 unspecified atom stereocenters. The van der Waals surface area contributed by atoms with Gasteiger partial charge in [0.15, 0.2) is 0 Å². The number of anilines is 2. The monoisotopic (exact) mass is 286 g/mol. The smallest absolute Gasteiger partial charge is 0.337 e. The van der Waals surface area contributed by atoms with Crippen LogP contribution in [-0.2, 0) is 0 Å². The molecule has 0 fully saturated rings. The van der Waals surface area contributed by atoms with Gasteiger partial charge in [-0.2, -0.15) is 5.26 Å². The molecular formula is C15H11ClN2O2. The second-order valence-electron chi connectivity index (χ2n) is 4.13. The molecule has 100 valence electrons. The Labute approximate surface area is 121 Å². The zero-order valence-corrected chi connectivity index (χ0v) is 11.4. The molecule has 0 spiro atoms. The zero-order valence-electron chi connectivity index (χ0n) is 10.7. The summed E-state index contributed by atoms with van der Waals surface area (Å²) in [5.41, 5.74) is 1.51. The highest BCUT2D eigenvalue weighted by Crippen LogP contribution is 2.35. The van der Waals surface area contributed by atoms with E-state index in [4.69, 9.17) is 16.9 Å². The summed E-state index contributed by atoms with van der Waals surface area (Å²) >= 11 is 6.13. The minimum Gasteiger partial charge on any atom is -0.478 e. The van der Waals surface area contributed by atoms with Crippen molar-refractivity contribution in [3.8, 4) is 6.07 Å². The molecule has 4 nitrogen and oxygen atoms in total. The number of hydrogen-bond acceptors (Lipinski definition) is 3. The van der Waals surface area contributed by atoms with Gasteiger partial charge in [-0.25, -0.2) is 4.79 Å². The molecule has 0 atom stereocenters. The highest BCUT2D eigenvalue weighted by Gasteiger charge is 2.19. The second-order valence-corrected chi connectivity index (χ2v) is 4.54. The van der Waals surface area contributed by atoms with Gasteiger partial charge < -0.3 is 10.0 Å². The fourth-order valence-corrected chi connectivity index (χ4v) is 2.31. The van der Waals surface area contributed by atoms with Crippen LogP contribution in [0.25, 0.3) is 0 Å². The van der Waals surface area contributed by atoms with Crippen molar-refractivity contribution in [2.45, 2.75) is 0 Å². The maximum Gasteiger partial charge on any atom is 0.337 e. The molecule has 2 aromatic rings. The number of rotatable bonds is 3. The van der Waals surface area contributed by atoms with Crippen LogP contribution in [-0.4, -0.2) is 18.1 Å². The summed E-state index contributed by atoms with van der Waals surface area (Å²) in [5.74, 6) is -1.07. The van der Waals surface area contributed by atoms with Crippen LogP contribution in [0.1, 0.15) is 15.9 Å². The molecule has 0 radical (unpaired) electrons. The van der Waals surface area contributed by atoms with Gasteiger partial charge in [-0.15, -0.1) is 0 Å². The summed E-state index contributed by atoms with van der Waals surface area (Å²) in [6.45, 7) is 0. The third kappa shape index (κ3) is 2.44. The maximum absolute atomic E-state index is 11.3. The number of nitrogens with zero attached hydrogens (tertiary/aromatic N) is 2. The van der Waals surface area contributed by atoms with Crippen LogP contribution in [0.4, 0.5) is 11.4 Å². The van der Waals surface area contributed by atoms with Crippen LogP contribution in [0.2, 0.25) is 5.02 Å². The van der Waals surface area contributed by atoms with E-state index in [-0.39, 0.29) is 5.56 Å². The third-order valence-corrected chi connectivity index (χ3v) is 3.24. The van der Waals surface area contributed by atoms with Gasteiger partial charge in [0.2, 0.25) is 0 Å². The minimum atomic E-state index is -1.07. The Kier molecular flexibility index (Phi) is 3.92. The van der Waals surface area contributed by atoms with Crippen molar-refractivity contribution in [2.75, 3.05) is 11.9 Å². The van der Waals surface area contributed by atoms with Crippen LogP contribution >= 0.6 is 11.6 Å². The van der Waals surface area contributed by atoms with E-state index < -0.39 is 5.97 Å². The molecule has 20 heavy (non-hydrogen) atoms. The Morgan fingerprint density at radius 1 is 1.25 bits per heavy atom. The van der Waals surface area contributed by atoms with Gasteiger partial charge in [-0.3, -0.25) is 0 Å². The molecule has 2 rings (SSSR count). The lowest BCUT2D eigenvalue weighted by atomic mass is 10.1. The fraction of sp³-hybridized carbons (Fsp3) is 0.0667. The van der Waals surface area contributed by atoms with E-state index in [9.17, 15) is 9.90 Å². The van der Waals surface area contributed by atoms with Gasteiger partial charge in [0, 0.05) is 7.05 Å². The maximum atomic E-state index is 11.3. The SMILES string of the molecule is CN(c1ccccc1C#N)c1c(Cl)cccc1C(=O)O. The molecule has 0 aliphatic heterocycles. The normalized spacial score (nSPS) is 9.85. The van der Waals surface area contributed by atoms with Gasteiger partial charge in [-0.05, 0) is 24.3 Å². The predicted molar refractivity (Wildman–Crippen MR) is 77.6 cm³/mol. The Bertz CT molecular complexity index is 707. The lowest BCUT2D eigenvalue weighted by Gasteiger charge is -2.23. The largest absolute Gasteiger partial charge is 0.478 e. The number of hydrogen-bond donors (Lipinski definition) is 1. The highest BCUT2D eigenvalue weighted by atomic mass is 35.5. The molecule has 0 heterocycles. The van der Waals surface area contributed by atoms with Crippen LogP contribution in [0.5, 0.6) is 0 Å². The van der Waals surface area contributed by atoms with Crippen molar-refractivity contribution < 1.29 is 9.90 Å². The van der Waals surface area contributed by atoms with Crippen LogP contribution in [0.3, 0.4) is 0 Å². The van der Waals surface area contributed by atoms with E-state index in [2.05, 4.69) is 6.07 Å². The van der Waals surface area contributed by atoms with Crippen LogP contribution in [0.15, 0.2) is 42.5 Å². The van der Waals surface area contributed by atoms with Crippen molar-refractivity contribution in [1.29, 1.82) is 5.26 Å². The van der Waals surface area contributed by atoms with Crippen molar-refractivity contribution in [3.05, 3.63) is 58.6 Å². The minimum absolute atomic E-state index is 0.0905. The van der Waals surface area contributed by atoms with Crippen molar-refractivity contribution in [3.63, 3.8) is 0 Å². The molecule has 0 saturated heterocycles. The van der Waals surface area contributed by atoms with E-state index in [1.165, 1.54) is 6.07 Å². The average Bonchev–Trinajstić information content (AvgIpc) is 2.46. The first kappa shape index (κ1) is 13.9. The van der Waals surface area contributed by atoms with Gasteiger partial charge in [0.1, 0.15) is 6.07 Å². The van der Waals surface area contributed by atoms with E-state index in [0.717, 1.165) is 0 Å². The quantitative estimate of drug-likeness (QED) is 0.935. The number of nitriles is 1. The number of benzene rings is 2. The van der Waals surface area contributed by atoms with Crippen LogP contribution in [0, 0.1) is 11.3 Å². The predicted octanol–water partition coefficient (Wildman–Crippen LogP) is 3.68. The number of aromatic carboxylic acids is 1. The van der Waals surface area contributed by atoms with E-state index in [0.29, 0.717) is 22.0 Å². The molecule has 0 saturated carbocycles. The molecule has 0 aromatic heterocycles. The molecule has 0 bridgehead atoms. The number of halogens is 1. The number of carboxylic acid groups (broad SMARTS) is 1. The lowest BCUT2D eigenvalue weighted by Crippen LogP contribution is -2.15. The Morgan fingerprint density at radius 2 is 1.95 bits per heavy atom. The van der Waals surface area contributed by atoms with Crippen molar-refractivity contribution >= 4 is 28.9 Å². The topological polar surface area (TPSA) is 64.3 Å². The van der Waals surface area contributed by atoms with Crippen molar-refractivity contribution in [1.82, 2.24) is 0 Å². The summed E-state index contributed by atoms with van der Waals surface area (Å²) in [6.07, 6.45) is 0. The van der Waals surface area contributed by atoms with E-state index in [1.54, 1.807) is 48.3 Å². The second kappa shape index (κ2) is 5.64.